The molecule has 102 valence electrons. The fraction of sp³-hybridized carbons (Fsp3) is 0.143. The van der Waals surface area contributed by atoms with E-state index in [1.165, 1.54) is 5.56 Å². The van der Waals surface area contributed by atoms with Gasteiger partial charge in [0.2, 0.25) is 5.28 Å². The number of thiophene rings is 1. The molecule has 3 aromatic rings. The predicted molar refractivity (Wildman–Crippen MR) is 88.7 cm³/mol. The first-order chi connectivity index (χ1) is 9.63. The Morgan fingerprint density at radius 3 is 2.70 bits per heavy atom. The lowest BCUT2D eigenvalue weighted by atomic mass is 10.2. The van der Waals surface area contributed by atoms with Crippen LogP contribution in [0.5, 0.6) is 0 Å². The van der Waals surface area contributed by atoms with E-state index in [1.807, 2.05) is 30.6 Å². The smallest absolute Gasteiger partial charge is 0.225 e. The number of hydrogen-bond acceptors (Lipinski definition) is 4. The molecule has 0 saturated carbocycles. The molecule has 2 aromatic heterocycles. The Bertz CT molecular complexity index is 742. The molecular formula is C14H11BrClN3S. The number of aromatic nitrogens is 2. The molecule has 0 radical (unpaired) electrons. The fourth-order valence-electron chi connectivity index (χ4n) is 2.04. The van der Waals surface area contributed by atoms with Crippen LogP contribution in [0.1, 0.15) is 5.56 Å². The molecule has 0 aliphatic carbocycles. The third kappa shape index (κ3) is 2.80. The van der Waals surface area contributed by atoms with Gasteiger partial charge in [-0.15, -0.1) is 11.3 Å². The molecule has 6 heteroatoms. The molecular weight excluding hydrogens is 358 g/mol. The number of benzene rings is 1. The van der Waals surface area contributed by atoms with E-state index < -0.39 is 0 Å². The zero-order chi connectivity index (χ0) is 14.1. The first-order valence-electron chi connectivity index (χ1n) is 6.00. The summed E-state index contributed by atoms with van der Waals surface area (Å²) in [6.45, 7) is 0.769. The highest BCUT2D eigenvalue weighted by molar-refractivity contribution is 9.10. The van der Waals surface area contributed by atoms with Crippen LogP contribution in [0.2, 0.25) is 5.28 Å². The van der Waals surface area contributed by atoms with Crippen LogP contribution in [0.15, 0.2) is 40.2 Å². The van der Waals surface area contributed by atoms with Crippen LogP contribution in [-0.2, 0) is 6.54 Å². The minimum absolute atomic E-state index is 0.289. The van der Waals surface area contributed by atoms with Gasteiger partial charge in [0.15, 0.2) is 0 Å². The lowest BCUT2D eigenvalue weighted by Crippen LogP contribution is -2.18. The van der Waals surface area contributed by atoms with Gasteiger partial charge in [-0.25, -0.2) is 4.98 Å². The van der Waals surface area contributed by atoms with Crippen LogP contribution in [0.3, 0.4) is 0 Å². The van der Waals surface area contributed by atoms with Crippen LogP contribution >= 0.6 is 38.9 Å². The van der Waals surface area contributed by atoms with Gasteiger partial charge < -0.3 is 4.90 Å². The van der Waals surface area contributed by atoms with Gasteiger partial charge in [-0.05, 0) is 40.7 Å². The molecule has 0 saturated heterocycles. The Morgan fingerprint density at radius 1 is 1.20 bits per heavy atom. The summed E-state index contributed by atoms with van der Waals surface area (Å²) in [5.74, 6) is 0.865. The average molecular weight is 369 g/mol. The van der Waals surface area contributed by atoms with E-state index in [9.17, 15) is 0 Å². The first-order valence-corrected chi connectivity index (χ1v) is 8.05. The maximum absolute atomic E-state index is 6.00. The third-order valence-electron chi connectivity index (χ3n) is 2.97. The molecule has 3 rings (SSSR count). The van der Waals surface area contributed by atoms with Gasteiger partial charge in [0, 0.05) is 18.1 Å². The predicted octanol–water partition coefficient (Wildman–Crippen LogP) is 4.74. The van der Waals surface area contributed by atoms with Gasteiger partial charge in [-0.1, -0.05) is 28.1 Å². The van der Waals surface area contributed by atoms with Crippen molar-refractivity contribution < 1.29 is 0 Å². The molecule has 0 N–H and O–H groups in total. The molecule has 2 heterocycles. The molecule has 0 fully saturated rings. The summed E-state index contributed by atoms with van der Waals surface area (Å²) in [7, 11) is 2.01. The van der Waals surface area contributed by atoms with Crippen molar-refractivity contribution >= 4 is 54.9 Å². The Balaban J connectivity index is 1.93. The zero-order valence-corrected chi connectivity index (χ0v) is 13.8. The lowest BCUT2D eigenvalue weighted by molar-refractivity contribution is 0.901. The molecule has 3 nitrogen and oxygen atoms in total. The van der Waals surface area contributed by atoms with Gasteiger partial charge in [-0.3, -0.25) is 0 Å². The largest absolute Gasteiger partial charge is 0.355 e. The van der Waals surface area contributed by atoms with Crippen molar-refractivity contribution in [3.05, 3.63) is 51.0 Å². The Hall–Kier alpha value is -1.17. The molecule has 20 heavy (non-hydrogen) atoms. The van der Waals surface area contributed by atoms with Crippen molar-refractivity contribution in [3.63, 3.8) is 0 Å². The fourth-order valence-corrected chi connectivity index (χ4v) is 3.28. The number of halogens is 2. The lowest BCUT2D eigenvalue weighted by Gasteiger charge is -2.19. The third-order valence-corrected chi connectivity index (χ3v) is 4.48. The van der Waals surface area contributed by atoms with Crippen molar-refractivity contribution in [1.82, 2.24) is 9.97 Å². The van der Waals surface area contributed by atoms with E-state index >= 15 is 0 Å². The van der Waals surface area contributed by atoms with E-state index in [2.05, 4.69) is 42.9 Å². The Labute approximate surface area is 134 Å². The van der Waals surface area contributed by atoms with Crippen LogP contribution in [-0.4, -0.2) is 17.0 Å². The second-order valence-electron chi connectivity index (χ2n) is 4.44. The molecule has 0 amide bonds. The van der Waals surface area contributed by atoms with Crippen LogP contribution in [0, 0.1) is 0 Å². The first kappa shape index (κ1) is 13.8. The topological polar surface area (TPSA) is 29.0 Å². The monoisotopic (exact) mass is 367 g/mol. The van der Waals surface area contributed by atoms with Crippen molar-refractivity contribution in [1.29, 1.82) is 0 Å². The van der Waals surface area contributed by atoms with E-state index in [4.69, 9.17) is 11.6 Å². The molecule has 1 aromatic carbocycles. The summed E-state index contributed by atoms with van der Waals surface area (Å²) in [5.41, 5.74) is 1.22. The van der Waals surface area contributed by atoms with Gasteiger partial charge in [0.25, 0.3) is 0 Å². The van der Waals surface area contributed by atoms with Crippen molar-refractivity contribution in [2.45, 2.75) is 6.54 Å². The molecule has 0 spiro atoms. The maximum Gasteiger partial charge on any atom is 0.225 e. The van der Waals surface area contributed by atoms with Crippen molar-refractivity contribution in [2.24, 2.45) is 0 Å². The molecule has 0 atom stereocenters. The minimum Gasteiger partial charge on any atom is -0.355 e. The van der Waals surface area contributed by atoms with Crippen LogP contribution in [0.4, 0.5) is 5.82 Å². The highest BCUT2D eigenvalue weighted by Gasteiger charge is 2.12. The molecule has 0 bridgehead atoms. The zero-order valence-electron chi connectivity index (χ0n) is 10.7. The number of fused-ring (bicyclic) bond motifs is 1. The standard InChI is InChI=1S/C14H11BrClN3S/c1-19(8-9-2-4-10(15)5-3-9)12-11-6-7-20-13(11)18-14(16)17-12/h2-7H,8H2,1H3. The number of nitrogens with zero attached hydrogens (tertiary/aromatic N) is 3. The molecule has 0 aliphatic heterocycles. The highest BCUT2D eigenvalue weighted by Crippen LogP contribution is 2.29. The summed E-state index contributed by atoms with van der Waals surface area (Å²) in [5, 5.41) is 3.34. The molecule has 0 aliphatic rings. The second kappa shape index (κ2) is 5.68. The summed E-state index contributed by atoms with van der Waals surface area (Å²) in [6.07, 6.45) is 0. The summed E-state index contributed by atoms with van der Waals surface area (Å²) in [4.78, 5) is 11.6. The average Bonchev–Trinajstić information content (AvgIpc) is 2.88. The SMILES string of the molecule is CN(Cc1ccc(Br)cc1)c1nc(Cl)nc2sccc12. The highest BCUT2D eigenvalue weighted by atomic mass is 79.9. The normalized spacial score (nSPS) is 10.9. The van der Waals surface area contributed by atoms with E-state index in [0.717, 1.165) is 27.1 Å². The second-order valence-corrected chi connectivity index (χ2v) is 6.59. The van der Waals surface area contributed by atoms with Crippen molar-refractivity contribution in [2.75, 3.05) is 11.9 Å². The number of hydrogen-bond donors (Lipinski definition) is 0. The summed E-state index contributed by atoms with van der Waals surface area (Å²) in [6, 6.07) is 10.3. The van der Waals surface area contributed by atoms with Gasteiger partial charge in [0.1, 0.15) is 10.6 Å². The number of anilines is 1. The minimum atomic E-state index is 0.289. The van der Waals surface area contributed by atoms with Crippen LogP contribution < -0.4 is 4.90 Å². The Kier molecular flexibility index (Phi) is 3.92. The Morgan fingerprint density at radius 2 is 1.95 bits per heavy atom. The summed E-state index contributed by atoms with van der Waals surface area (Å²) >= 11 is 11.0. The maximum atomic E-state index is 6.00. The van der Waals surface area contributed by atoms with E-state index in [1.54, 1.807) is 11.3 Å². The summed E-state index contributed by atoms with van der Waals surface area (Å²) < 4.78 is 1.08. The van der Waals surface area contributed by atoms with Gasteiger partial charge in [-0.2, -0.15) is 4.98 Å². The number of rotatable bonds is 3. The van der Waals surface area contributed by atoms with E-state index in [0.29, 0.717) is 0 Å². The molecule has 0 unspecified atom stereocenters. The van der Waals surface area contributed by atoms with Crippen molar-refractivity contribution in [3.8, 4) is 0 Å². The van der Waals surface area contributed by atoms with E-state index in [-0.39, 0.29) is 5.28 Å². The van der Waals surface area contributed by atoms with Gasteiger partial charge >= 0.3 is 0 Å². The quantitative estimate of drug-likeness (QED) is 0.625. The van der Waals surface area contributed by atoms with Gasteiger partial charge in [0.05, 0.1) is 5.39 Å². The van der Waals surface area contributed by atoms with Crippen LogP contribution in [0.25, 0.3) is 10.2 Å².